The molecule has 0 amide bonds. The van der Waals surface area contributed by atoms with Gasteiger partial charge in [0, 0.05) is 17.4 Å². The number of fused-ring (bicyclic) bond motifs is 2. The summed E-state index contributed by atoms with van der Waals surface area (Å²) in [6.45, 7) is 12.4. The highest BCUT2D eigenvalue weighted by molar-refractivity contribution is 5.95. The zero-order valence-corrected chi connectivity index (χ0v) is 17.1. The van der Waals surface area contributed by atoms with Crippen molar-refractivity contribution in [3.8, 4) is 0 Å². The fraction of sp³-hybridized carbons (Fsp3) is 0.700. The summed E-state index contributed by atoms with van der Waals surface area (Å²) in [6.07, 6.45) is -0.880. The van der Waals surface area contributed by atoms with Crippen molar-refractivity contribution in [1.82, 2.24) is 0 Å². The van der Waals surface area contributed by atoms with Gasteiger partial charge < -0.3 is 18.9 Å². The van der Waals surface area contributed by atoms with Crippen LogP contribution in [0.2, 0.25) is 0 Å². The summed E-state index contributed by atoms with van der Waals surface area (Å²) in [6, 6.07) is 0. The van der Waals surface area contributed by atoms with Gasteiger partial charge in [-0.1, -0.05) is 20.4 Å². The molecule has 8 nitrogen and oxygen atoms in total. The molecule has 2 bridgehead atoms. The van der Waals surface area contributed by atoms with Gasteiger partial charge in [-0.05, 0) is 33.6 Å². The first-order valence-corrected chi connectivity index (χ1v) is 9.43. The maximum atomic E-state index is 13.1. The summed E-state index contributed by atoms with van der Waals surface area (Å²) < 4.78 is 20.7. The highest BCUT2D eigenvalue weighted by atomic mass is 16.6. The average Bonchev–Trinajstić information content (AvgIpc) is 2.91. The minimum absolute atomic E-state index is 0.0239. The van der Waals surface area contributed by atoms with E-state index in [1.807, 2.05) is 0 Å². The molecule has 1 heterocycles. The lowest BCUT2D eigenvalue weighted by molar-refractivity contribution is -0.191. The molecule has 0 radical (unpaired) electrons. The highest BCUT2D eigenvalue weighted by Gasteiger charge is 2.76. The van der Waals surface area contributed by atoms with Gasteiger partial charge in [0.25, 0.3) is 0 Å². The van der Waals surface area contributed by atoms with Gasteiger partial charge in [0.05, 0.1) is 18.6 Å². The van der Waals surface area contributed by atoms with Crippen LogP contribution >= 0.6 is 0 Å². The van der Waals surface area contributed by atoms with Gasteiger partial charge in [-0.3, -0.25) is 4.79 Å². The molecule has 1 saturated heterocycles. The molecule has 1 aliphatic carbocycles. The SMILES string of the molecule is C=C(C[C@@H](OC(=O)C12CCC(C)(C(=O)O1)C2(C)C)C(=O)OCC)C(=O)OCC. The first-order valence-electron chi connectivity index (χ1n) is 9.43. The minimum atomic E-state index is -1.48. The standard InChI is InChI=1S/C20H28O8/c1-7-25-14(21)12(3)11-13(15(22)26-8-2)27-17(24)20-10-9-19(6,16(23)28-20)18(20,4)5/h13H,3,7-11H2,1-2,4-6H3/t13-,19?,20?/m1/s1. The lowest BCUT2D eigenvalue weighted by atomic mass is 9.66. The monoisotopic (exact) mass is 396 g/mol. The van der Waals surface area contributed by atoms with E-state index in [-0.39, 0.29) is 25.2 Å². The van der Waals surface area contributed by atoms with E-state index in [9.17, 15) is 19.2 Å². The van der Waals surface area contributed by atoms with Crippen LogP contribution < -0.4 is 0 Å². The average molecular weight is 396 g/mol. The second-order valence-corrected chi connectivity index (χ2v) is 7.85. The summed E-state index contributed by atoms with van der Waals surface area (Å²) in [4.78, 5) is 49.6. The highest BCUT2D eigenvalue weighted by Crippen LogP contribution is 2.65. The van der Waals surface area contributed by atoms with E-state index in [2.05, 4.69) is 6.58 Å². The van der Waals surface area contributed by atoms with E-state index in [1.54, 1.807) is 34.6 Å². The van der Waals surface area contributed by atoms with E-state index in [0.29, 0.717) is 12.8 Å². The van der Waals surface area contributed by atoms with Crippen LogP contribution in [0.3, 0.4) is 0 Å². The van der Waals surface area contributed by atoms with Crippen LogP contribution in [0.5, 0.6) is 0 Å². The number of rotatable bonds is 8. The third-order valence-corrected chi connectivity index (χ3v) is 6.21. The van der Waals surface area contributed by atoms with Crippen molar-refractivity contribution in [1.29, 1.82) is 0 Å². The van der Waals surface area contributed by atoms with Crippen molar-refractivity contribution in [2.75, 3.05) is 13.2 Å². The van der Waals surface area contributed by atoms with Gasteiger partial charge >= 0.3 is 23.9 Å². The first-order chi connectivity index (χ1) is 13.0. The number of hydrogen-bond acceptors (Lipinski definition) is 8. The quantitative estimate of drug-likeness (QED) is 0.349. The number of carbonyl (C=O) groups is 4. The van der Waals surface area contributed by atoms with Crippen molar-refractivity contribution in [2.24, 2.45) is 10.8 Å². The van der Waals surface area contributed by atoms with Crippen LogP contribution in [-0.2, 0) is 38.1 Å². The third kappa shape index (κ3) is 3.18. The molecule has 2 unspecified atom stereocenters. The van der Waals surface area contributed by atoms with Crippen molar-refractivity contribution in [3.05, 3.63) is 12.2 Å². The Morgan fingerprint density at radius 1 is 1.11 bits per heavy atom. The second kappa shape index (κ2) is 7.56. The largest absolute Gasteiger partial charge is 0.463 e. The Labute approximate surface area is 164 Å². The zero-order chi connectivity index (χ0) is 21.3. The number of esters is 4. The molecule has 0 aromatic rings. The predicted octanol–water partition coefficient (Wildman–Crippen LogP) is 2.09. The van der Waals surface area contributed by atoms with Gasteiger partial charge in [-0.15, -0.1) is 0 Å². The Morgan fingerprint density at radius 2 is 1.71 bits per heavy atom. The molecular weight excluding hydrogens is 368 g/mol. The first kappa shape index (κ1) is 21.9. The van der Waals surface area contributed by atoms with E-state index in [4.69, 9.17) is 18.9 Å². The third-order valence-electron chi connectivity index (χ3n) is 6.21. The summed E-state index contributed by atoms with van der Waals surface area (Å²) in [5, 5.41) is 0. The van der Waals surface area contributed by atoms with Crippen molar-refractivity contribution in [3.63, 3.8) is 0 Å². The molecule has 3 atom stereocenters. The molecule has 0 spiro atoms. The van der Waals surface area contributed by atoms with Gasteiger partial charge in [-0.2, -0.15) is 0 Å². The number of carbonyl (C=O) groups excluding carboxylic acids is 4. The van der Waals surface area contributed by atoms with Gasteiger partial charge in [0.1, 0.15) is 0 Å². The normalized spacial score (nSPS) is 28.2. The van der Waals surface area contributed by atoms with Crippen LogP contribution in [0.25, 0.3) is 0 Å². The Kier molecular flexibility index (Phi) is 5.92. The molecule has 156 valence electrons. The van der Waals surface area contributed by atoms with E-state index < -0.39 is 46.4 Å². The van der Waals surface area contributed by atoms with E-state index in [0.717, 1.165) is 0 Å². The molecule has 0 N–H and O–H groups in total. The molecule has 28 heavy (non-hydrogen) atoms. The molecule has 2 aliphatic rings. The summed E-state index contributed by atoms with van der Waals surface area (Å²) in [5.41, 5.74) is -3.12. The van der Waals surface area contributed by atoms with Crippen LogP contribution in [0, 0.1) is 10.8 Å². The molecule has 1 saturated carbocycles. The minimum Gasteiger partial charge on any atom is -0.463 e. The smallest absolute Gasteiger partial charge is 0.352 e. The fourth-order valence-electron chi connectivity index (χ4n) is 3.88. The lowest BCUT2D eigenvalue weighted by Crippen LogP contribution is -2.50. The Morgan fingerprint density at radius 3 is 2.18 bits per heavy atom. The van der Waals surface area contributed by atoms with Crippen LogP contribution in [0.4, 0.5) is 0 Å². The van der Waals surface area contributed by atoms with Crippen molar-refractivity contribution >= 4 is 23.9 Å². The van der Waals surface area contributed by atoms with Crippen LogP contribution in [-0.4, -0.2) is 48.8 Å². The molecule has 0 aromatic carbocycles. The molecule has 1 aliphatic heterocycles. The zero-order valence-electron chi connectivity index (χ0n) is 17.1. The van der Waals surface area contributed by atoms with Gasteiger partial charge in [0.2, 0.25) is 11.7 Å². The second-order valence-electron chi connectivity index (χ2n) is 7.85. The Balaban J connectivity index is 2.23. The Hall–Kier alpha value is -2.38. The predicted molar refractivity (Wildman–Crippen MR) is 96.8 cm³/mol. The van der Waals surface area contributed by atoms with Crippen LogP contribution in [0.1, 0.15) is 53.9 Å². The number of ether oxygens (including phenoxy) is 4. The maximum absolute atomic E-state index is 13.1. The molecule has 2 rings (SSSR count). The topological polar surface area (TPSA) is 105 Å². The van der Waals surface area contributed by atoms with Crippen molar-refractivity contribution in [2.45, 2.75) is 65.6 Å². The lowest BCUT2D eigenvalue weighted by Gasteiger charge is -2.35. The summed E-state index contributed by atoms with van der Waals surface area (Å²) in [5.74, 6) is -2.77. The fourth-order valence-corrected chi connectivity index (χ4v) is 3.88. The number of hydrogen-bond donors (Lipinski definition) is 0. The molecule has 8 heteroatoms. The van der Waals surface area contributed by atoms with Crippen LogP contribution in [0.15, 0.2) is 12.2 Å². The summed E-state index contributed by atoms with van der Waals surface area (Å²) >= 11 is 0. The maximum Gasteiger partial charge on any atom is 0.352 e. The van der Waals surface area contributed by atoms with E-state index >= 15 is 0 Å². The van der Waals surface area contributed by atoms with E-state index in [1.165, 1.54) is 0 Å². The van der Waals surface area contributed by atoms with Crippen molar-refractivity contribution < 1.29 is 38.1 Å². The van der Waals surface area contributed by atoms with Gasteiger partial charge in [-0.25, -0.2) is 14.4 Å². The molecule has 0 aromatic heterocycles. The Bertz CT molecular complexity index is 709. The molecule has 2 fully saturated rings. The van der Waals surface area contributed by atoms with Gasteiger partial charge in [0.15, 0.2) is 0 Å². The summed E-state index contributed by atoms with van der Waals surface area (Å²) in [7, 11) is 0. The molecular formula is C20H28O8.